The van der Waals surface area contributed by atoms with Gasteiger partial charge in [0.25, 0.3) is 5.95 Å². The van der Waals surface area contributed by atoms with Crippen LogP contribution in [0.4, 0.5) is 11.6 Å². The molecule has 1 amide bonds. The van der Waals surface area contributed by atoms with Gasteiger partial charge >= 0.3 is 5.97 Å². The third-order valence-electron chi connectivity index (χ3n) is 3.72. The van der Waals surface area contributed by atoms with E-state index in [1.807, 2.05) is 0 Å². The molecule has 0 unspecified atom stereocenters. The fraction of sp³-hybridized carbons (Fsp3) is 0.235. The Balaban J connectivity index is 2.13. The average molecular weight is 374 g/mol. The second-order valence-corrected chi connectivity index (χ2v) is 6.28. The van der Waals surface area contributed by atoms with Crippen LogP contribution in [0, 0.1) is 13.8 Å². The molecular weight excluding hydrogens is 358 g/mol. The molecule has 1 fully saturated rings. The number of aliphatic carboxylic acids is 1. The number of carbonyl (C=O) groups is 2. The minimum absolute atomic E-state index is 0.0425. The van der Waals surface area contributed by atoms with Crippen molar-refractivity contribution in [2.75, 3.05) is 4.90 Å². The van der Waals surface area contributed by atoms with Crippen molar-refractivity contribution in [3.05, 3.63) is 46.7 Å². The van der Waals surface area contributed by atoms with Crippen LogP contribution >= 0.6 is 11.6 Å². The zero-order valence-electron chi connectivity index (χ0n) is 14.1. The number of aliphatic imine (C=N–C) groups is 1. The molecule has 0 radical (unpaired) electrons. The summed E-state index contributed by atoms with van der Waals surface area (Å²) in [7, 11) is 0. The maximum absolute atomic E-state index is 12.0. The third kappa shape index (κ3) is 3.80. The van der Waals surface area contributed by atoms with Crippen LogP contribution in [-0.2, 0) is 9.59 Å². The molecule has 2 aromatic rings. The van der Waals surface area contributed by atoms with Crippen LogP contribution in [0.5, 0.6) is 0 Å². The largest absolute Gasteiger partial charge is 0.480 e. The Morgan fingerprint density at radius 3 is 2.62 bits per heavy atom. The molecule has 1 atom stereocenters. The molecule has 1 aliphatic rings. The summed E-state index contributed by atoms with van der Waals surface area (Å²) in [6.07, 6.45) is -0.214. The van der Waals surface area contributed by atoms with Crippen LogP contribution < -0.4 is 10.2 Å². The molecule has 26 heavy (non-hydrogen) atoms. The van der Waals surface area contributed by atoms with E-state index >= 15 is 0 Å². The molecule has 9 heteroatoms. The van der Waals surface area contributed by atoms with Gasteiger partial charge in [-0.2, -0.15) is 4.99 Å². The Kier molecular flexibility index (Phi) is 4.85. The summed E-state index contributed by atoms with van der Waals surface area (Å²) in [6, 6.07) is 7.33. The number of halogens is 1. The summed E-state index contributed by atoms with van der Waals surface area (Å²) < 4.78 is 0. The van der Waals surface area contributed by atoms with Gasteiger partial charge in [0, 0.05) is 22.1 Å². The zero-order valence-corrected chi connectivity index (χ0v) is 14.9. The van der Waals surface area contributed by atoms with E-state index in [2.05, 4.69) is 20.3 Å². The lowest BCUT2D eigenvalue weighted by Gasteiger charge is -2.35. The molecule has 1 aromatic carbocycles. The maximum atomic E-state index is 12.0. The van der Waals surface area contributed by atoms with Crippen molar-refractivity contribution in [3.8, 4) is 0 Å². The lowest BCUT2D eigenvalue weighted by molar-refractivity contribution is -0.140. The molecule has 0 saturated carbocycles. The van der Waals surface area contributed by atoms with E-state index in [1.165, 1.54) is 4.90 Å². The number of anilines is 1. The van der Waals surface area contributed by atoms with E-state index in [1.54, 1.807) is 44.2 Å². The van der Waals surface area contributed by atoms with Gasteiger partial charge in [0.05, 0.1) is 6.42 Å². The van der Waals surface area contributed by atoms with Crippen LogP contribution in [0.2, 0.25) is 5.02 Å². The van der Waals surface area contributed by atoms with Crippen molar-refractivity contribution in [2.45, 2.75) is 26.3 Å². The van der Waals surface area contributed by atoms with Gasteiger partial charge in [-0.15, -0.1) is 0 Å². The highest BCUT2D eigenvalue weighted by Crippen LogP contribution is 2.26. The highest BCUT2D eigenvalue weighted by molar-refractivity contribution is 6.31. The fourth-order valence-electron chi connectivity index (χ4n) is 2.71. The van der Waals surface area contributed by atoms with Gasteiger partial charge in [-0.05, 0) is 38.1 Å². The lowest BCUT2D eigenvalue weighted by atomic mass is 10.1. The highest BCUT2D eigenvalue weighted by Gasteiger charge is 2.37. The number of aryl methyl sites for hydroxylation is 2. The summed E-state index contributed by atoms with van der Waals surface area (Å²) in [5.74, 6) is -1.41. The number of hydrogen-bond donors (Lipinski definition) is 2. The Morgan fingerprint density at radius 2 is 2.00 bits per heavy atom. The normalized spacial score (nSPS) is 18.7. The second-order valence-electron chi connectivity index (χ2n) is 5.84. The van der Waals surface area contributed by atoms with Crippen LogP contribution in [-0.4, -0.2) is 39.0 Å². The van der Waals surface area contributed by atoms with Crippen molar-refractivity contribution in [2.24, 2.45) is 4.99 Å². The van der Waals surface area contributed by atoms with Crippen LogP contribution in [0.25, 0.3) is 0 Å². The predicted molar refractivity (Wildman–Crippen MR) is 96.7 cm³/mol. The average Bonchev–Trinajstić information content (AvgIpc) is 2.53. The summed E-state index contributed by atoms with van der Waals surface area (Å²) >= 11 is 6.04. The topological polar surface area (TPSA) is 108 Å². The van der Waals surface area contributed by atoms with E-state index in [-0.39, 0.29) is 18.3 Å². The van der Waals surface area contributed by atoms with Crippen molar-refractivity contribution in [1.29, 1.82) is 0 Å². The first-order valence-corrected chi connectivity index (χ1v) is 8.20. The van der Waals surface area contributed by atoms with Crippen LogP contribution in [0.1, 0.15) is 17.8 Å². The van der Waals surface area contributed by atoms with Gasteiger partial charge in [0.1, 0.15) is 6.04 Å². The molecule has 0 aliphatic carbocycles. The van der Waals surface area contributed by atoms with E-state index < -0.39 is 17.9 Å². The van der Waals surface area contributed by atoms with Crippen molar-refractivity contribution in [1.82, 2.24) is 15.3 Å². The van der Waals surface area contributed by atoms with Crippen molar-refractivity contribution >= 4 is 41.1 Å². The molecular formula is C17H16ClN5O3. The number of hydrogen-bond acceptors (Lipinski definition) is 5. The number of benzene rings is 1. The van der Waals surface area contributed by atoms with E-state index in [0.717, 1.165) is 0 Å². The van der Waals surface area contributed by atoms with Gasteiger partial charge in [0.15, 0.2) is 0 Å². The number of nitrogens with zero attached hydrogens (tertiary/aromatic N) is 4. The van der Waals surface area contributed by atoms with E-state index in [9.17, 15) is 14.7 Å². The van der Waals surface area contributed by atoms with Gasteiger partial charge in [-0.25, -0.2) is 14.8 Å². The summed E-state index contributed by atoms with van der Waals surface area (Å²) in [6.45, 7) is 3.60. The second kappa shape index (κ2) is 7.09. The van der Waals surface area contributed by atoms with Crippen molar-refractivity contribution < 1.29 is 14.7 Å². The Morgan fingerprint density at radius 1 is 1.31 bits per heavy atom. The summed E-state index contributed by atoms with van der Waals surface area (Å²) in [5.41, 5.74) is 1.92. The molecule has 0 bridgehead atoms. The molecule has 0 spiro atoms. The minimum atomic E-state index is -1.14. The first kappa shape index (κ1) is 17.8. The maximum Gasteiger partial charge on any atom is 0.327 e. The number of carboxylic acids is 1. The smallest absolute Gasteiger partial charge is 0.327 e. The van der Waals surface area contributed by atoms with Crippen LogP contribution in [0.15, 0.2) is 35.3 Å². The highest BCUT2D eigenvalue weighted by atomic mass is 35.5. The number of rotatable bonds is 3. The molecule has 2 N–H and O–H groups in total. The third-order valence-corrected chi connectivity index (χ3v) is 3.95. The molecule has 3 rings (SSSR count). The quantitative estimate of drug-likeness (QED) is 0.854. The predicted octanol–water partition coefficient (Wildman–Crippen LogP) is 2.21. The summed E-state index contributed by atoms with van der Waals surface area (Å²) in [4.78, 5) is 37.9. The van der Waals surface area contributed by atoms with Crippen molar-refractivity contribution in [3.63, 3.8) is 0 Å². The number of amides is 1. The molecule has 8 nitrogen and oxygen atoms in total. The molecule has 1 aliphatic heterocycles. The Bertz CT molecular complexity index is 895. The van der Waals surface area contributed by atoms with Gasteiger partial charge in [-0.1, -0.05) is 17.7 Å². The standard InChI is InChI=1S/C17H16ClN5O3/c1-9-6-10(2)20-16(19-9)22-17-21-14(24)8-13(15(25)26)23(17)12-5-3-4-11(18)7-12/h3-7,13H,8H2,1-2H3,(H,25,26)(H,19,20,21,22,24)/t13-/m0/s1. The zero-order chi connectivity index (χ0) is 18.8. The minimum Gasteiger partial charge on any atom is -0.480 e. The monoisotopic (exact) mass is 373 g/mol. The summed E-state index contributed by atoms with van der Waals surface area (Å²) in [5, 5.41) is 12.6. The number of guanidine groups is 1. The van der Waals surface area contributed by atoms with Gasteiger partial charge in [-0.3, -0.25) is 15.0 Å². The molecule has 1 saturated heterocycles. The van der Waals surface area contributed by atoms with E-state index in [4.69, 9.17) is 11.6 Å². The van der Waals surface area contributed by atoms with Crippen LogP contribution in [0.3, 0.4) is 0 Å². The fourth-order valence-corrected chi connectivity index (χ4v) is 2.89. The molecule has 1 aromatic heterocycles. The first-order chi connectivity index (χ1) is 12.3. The Hall–Kier alpha value is -3.00. The lowest BCUT2D eigenvalue weighted by Crippen LogP contribution is -2.58. The van der Waals surface area contributed by atoms with E-state index in [0.29, 0.717) is 22.1 Å². The SMILES string of the molecule is Cc1cc(C)nc(/N=C2\NC(=O)C[C@@H](C(=O)O)N2c2cccc(Cl)c2)n1. The number of carboxylic acid groups (broad SMARTS) is 1. The molecule has 134 valence electrons. The Labute approximate surface area is 154 Å². The van der Waals surface area contributed by atoms with Gasteiger partial charge in [0.2, 0.25) is 11.9 Å². The van der Waals surface area contributed by atoms with Gasteiger partial charge < -0.3 is 5.11 Å². The first-order valence-electron chi connectivity index (χ1n) is 7.82. The molecule has 2 heterocycles. The number of nitrogens with one attached hydrogen (secondary N) is 1. The number of carbonyl (C=O) groups excluding carboxylic acids is 1. The number of aromatic nitrogens is 2.